The summed E-state index contributed by atoms with van der Waals surface area (Å²) in [6, 6.07) is 16.5. The van der Waals surface area contributed by atoms with Crippen LogP contribution in [0, 0.1) is 5.82 Å². The number of hydrogen-bond acceptors (Lipinski definition) is 6. The molecule has 0 radical (unpaired) electrons. The lowest BCUT2D eigenvalue weighted by Crippen LogP contribution is -2.47. The zero-order valence-electron chi connectivity index (χ0n) is 18.4. The number of para-hydroxylation sites is 2. The number of ether oxygens (including phenoxy) is 1. The number of rotatable bonds is 7. The van der Waals surface area contributed by atoms with Gasteiger partial charge >= 0.3 is 5.97 Å². The minimum atomic E-state index is -4.00. The highest BCUT2D eigenvalue weighted by molar-refractivity contribution is 7.92. The Labute approximate surface area is 197 Å². The van der Waals surface area contributed by atoms with Crippen LogP contribution in [0.1, 0.15) is 10.4 Å². The molecule has 0 saturated carbocycles. The van der Waals surface area contributed by atoms with Gasteiger partial charge in [0, 0.05) is 31.9 Å². The summed E-state index contributed by atoms with van der Waals surface area (Å²) in [6.45, 7) is 2.49. The molecule has 0 atom stereocenters. The molecule has 34 heavy (non-hydrogen) atoms. The molecule has 0 bridgehead atoms. The van der Waals surface area contributed by atoms with E-state index in [1.165, 1.54) is 12.1 Å². The molecular formula is C24H24FN3O5S. The SMILES string of the molecule is COc1ccccc1N1CCN(c2ccc(NS(=O)(=O)c3ccc(F)cc3)cc2C(=O)O)CC1. The van der Waals surface area contributed by atoms with Gasteiger partial charge in [-0.25, -0.2) is 17.6 Å². The number of nitrogens with one attached hydrogen (secondary N) is 1. The largest absolute Gasteiger partial charge is 0.495 e. The van der Waals surface area contributed by atoms with E-state index in [1.54, 1.807) is 13.2 Å². The Hall–Kier alpha value is -3.79. The lowest BCUT2D eigenvalue weighted by atomic mass is 10.1. The summed E-state index contributed by atoms with van der Waals surface area (Å²) in [5, 5.41) is 9.79. The van der Waals surface area contributed by atoms with Crippen molar-refractivity contribution < 1.29 is 27.4 Å². The Morgan fingerprint density at radius 3 is 2.18 bits per heavy atom. The zero-order chi connectivity index (χ0) is 24.3. The molecule has 8 nitrogen and oxygen atoms in total. The molecule has 178 valence electrons. The monoisotopic (exact) mass is 485 g/mol. The number of piperazine rings is 1. The van der Waals surface area contributed by atoms with Gasteiger partial charge in [0.15, 0.2) is 0 Å². The van der Waals surface area contributed by atoms with Crippen molar-refractivity contribution in [3.63, 3.8) is 0 Å². The average Bonchev–Trinajstić information content (AvgIpc) is 2.84. The quantitative estimate of drug-likeness (QED) is 0.527. The van der Waals surface area contributed by atoms with Gasteiger partial charge in [0.25, 0.3) is 10.0 Å². The van der Waals surface area contributed by atoms with Crippen molar-refractivity contribution in [1.29, 1.82) is 0 Å². The Morgan fingerprint density at radius 1 is 0.941 bits per heavy atom. The van der Waals surface area contributed by atoms with Crippen molar-refractivity contribution >= 4 is 33.1 Å². The predicted molar refractivity (Wildman–Crippen MR) is 128 cm³/mol. The summed E-state index contributed by atoms with van der Waals surface area (Å²) in [4.78, 5) is 16.0. The lowest BCUT2D eigenvalue weighted by Gasteiger charge is -2.38. The van der Waals surface area contributed by atoms with Crippen molar-refractivity contribution in [2.75, 3.05) is 47.8 Å². The Morgan fingerprint density at radius 2 is 1.56 bits per heavy atom. The first kappa shape index (κ1) is 23.4. The van der Waals surface area contributed by atoms with E-state index in [2.05, 4.69) is 9.62 Å². The molecule has 1 aliphatic rings. The Balaban J connectivity index is 1.52. The Bertz CT molecular complexity index is 1290. The van der Waals surface area contributed by atoms with E-state index in [0.29, 0.717) is 31.9 Å². The van der Waals surface area contributed by atoms with Gasteiger partial charge in [-0.2, -0.15) is 0 Å². The third-order valence-electron chi connectivity index (χ3n) is 5.65. The maximum Gasteiger partial charge on any atom is 0.337 e. The fourth-order valence-electron chi connectivity index (χ4n) is 3.95. The van der Waals surface area contributed by atoms with Gasteiger partial charge in [0.05, 0.1) is 28.9 Å². The molecule has 3 aromatic carbocycles. The van der Waals surface area contributed by atoms with Gasteiger partial charge in [0.2, 0.25) is 0 Å². The average molecular weight is 486 g/mol. The minimum Gasteiger partial charge on any atom is -0.495 e. The number of carbonyl (C=O) groups is 1. The van der Waals surface area contributed by atoms with Gasteiger partial charge in [-0.15, -0.1) is 0 Å². The van der Waals surface area contributed by atoms with E-state index in [9.17, 15) is 22.7 Å². The van der Waals surface area contributed by atoms with E-state index in [1.807, 2.05) is 29.2 Å². The van der Waals surface area contributed by atoms with Crippen LogP contribution in [0.15, 0.2) is 71.6 Å². The summed E-state index contributed by atoms with van der Waals surface area (Å²) in [5.74, 6) is -0.938. The van der Waals surface area contributed by atoms with Crippen LogP contribution in [0.3, 0.4) is 0 Å². The van der Waals surface area contributed by atoms with Crippen LogP contribution in [0.5, 0.6) is 5.75 Å². The summed E-state index contributed by atoms with van der Waals surface area (Å²) in [5.41, 5.74) is 1.59. The molecule has 0 aliphatic carbocycles. The van der Waals surface area contributed by atoms with E-state index in [-0.39, 0.29) is 16.1 Å². The van der Waals surface area contributed by atoms with Gasteiger partial charge in [-0.05, 0) is 54.6 Å². The molecule has 0 spiro atoms. The van der Waals surface area contributed by atoms with Crippen LogP contribution < -0.4 is 19.3 Å². The van der Waals surface area contributed by atoms with E-state index in [0.717, 1.165) is 35.7 Å². The number of nitrogens with zero attached hydrogens (tertiary/aromatic N) is 2. The fourth-order valence-corrected chi connectivity index (χ4v) is 5.00. The Kier molecular flexibility index (Phi) is 6.60. The number of benzene rings is 3. The predicted octanol–water partition coefficient (Wildman–Crippen LogP) is 3.66. The van der Waals surface area contributed by atoms with Crippen LogP contribution in [-0.2, 0) is 10.0 Å². The molecule has 0 unspecified atom stereocenters. The molecule has 1 aliphatic heterocycles. The van der Waals surface area contributed by atoms with Gasteiger partial charge in [-0.1, -0.05) is 12.1 Å². The summed E-state index contributed by atoms with van der Waals surface area (Å²) in [7, 11) is -2.37. The van der Waals surface area contributed by atoms with Gasteiger partial charge in [-0.3, -0.25) is 4.72 Å². The van der Waals surface area contributed by atoms with Crippen LogP contribution in [0.4, 0.5) is 21.5 Å². The highest BCUT2D eigenvalue weighted by atomic mass is 32.2. The van der Waals surface area contributed by atoms with Crippen molar-refractivity contribution in [3.05, 3.63) is 78.1 Å². The van der Waals surface area contributed by atoms with Crippen LogP contribution in [0.25, 0.3) is 0 Å². The van der Waals surface area contributed by atoms with Crippen molar-refractivity contribution in [3.8, 4) is 5.75 Å². The molecule has 1 heterocycles. The number of aromatic carboxylic acids is 1. The second-order valence-corrected chi connectivity index (χ2v) is 9.42. The number of carboxylic acids is 1. The van der Waals surface area contributed by atoms with E-state index >= 15 is 0 Å². The van der Waals surface area contributed by atoms with Crippen molar-refractivity contribution in [2.45, 2.75) is 4.90 Å². The van der Waals surface area contributed by atoms with Crippen LogP contribution >= 0.6 is 0 Å². The highest BCUT2D eigenvalue weighted by Gasteiger charge is 2.24. The normalized spacial score (nSPS) is 14.1. The maximum atomic E-state index is 13.1. The summed E-state index contributed by atoms with van der Waals surface area (Å²) >= 11 is 0. The van der Waals surface area contributed by atoms with Crippen molar-refractivity contribution in [1.82, 2.24) is 0 Å². The molecule has 4 rings (SSSR count). The second-order valence-electron chi connectivity index (χ2n) is 7.74. The number of methoxy groups -OCH3 is 1. The third kappa shape index (κ3) is 4.91. The number of hydrogen-bond donors (Lipinski definition) is 2. The first-order valence-corrected chi connectivity index (χ1v) is 12.1. The molecule has 3 aromatic rings. The number of halogens is 1. The second kappa shape index (κ2) is 9.60. The van der Waals surface area contributed by atoms with Crippen LogP contribution in [-0.4, -0.2) is 52.8 Å². The topological polar surface area (TPSA) is 99.2 Å². The van der Waals surface area contributed by atoms with Crippen molar-refractivity contribution in [2.24, 2.45) is 0 Å². The fraction of sp³-hybridized carbons (Fsp3) is 0.208. The smallest absolute Gasteiger partial charge is 0.337 e. The standard InChI is InChI=1S/C24H24FN3O5S/c1-33-23-5-3-2-4-22(23)28-14-12-27(13-15-28)21-11-8-18(16-20(21)24(29)30)26-34(31,32)19-9-6-17(25)7-10-19/h2-11,16,26H,12-15H2,1H3,(H,29,30). The number of anilines is 3. The molecule has 2 N–H and O–H groups in total. The minimum absolute atomic E-state index is 0.00922. The summed E-state index contributed by atoms with van der Waals surface area (Å²) in [6.07, 6.45) is 0. The molecular weight excluding hydrogens is 461 g/mol. The zero-order valence-corrected chi connectivity index (χ0v) is 19.3. The maximum absolute atomic E-state index is 13.1. The first-order chi connectivity index (χ1) is 16.3. The lowest BCUT2D eigenvalue weighted by molar-refractivity contribution is 0.0697. The molecule has 1 saturated heterocycles. The number of sulfonamides is 1. The third-order valence-corrected chi connectivity index (χ3v) is 7.05. The van der Waals surface area contributed by atoms with Crippen LogP contribution in [0.2, 0.25) is 0 Å². The van der Waals surface area contributed by atoms with E-state index in [4.69, 9.17) is 4.74 Å². The molecule has 10 heteroatoms. The first-order valence-electron chi connectivity index (χ1n) is 10.6. The highest BCUT2D eigenvalue weighted by Crippen LogP contribution is 2.31. The van der Waals surface area contributed by atoms with Gasteiger partial charge < -0.3 is 19.6 Å². The number of carboxylic acid groups (broad SMARTS) is 1. The molecule has 0 amide bonds. The summed E-state index contributed by atoms with van der Waals surface area (Å²) < 4.78 is 46.1. The molecule has 1 fully saturated rings. The van der Waals surface area contributed by atoms with Gasteiger partial charge in [0.1, 0.15) is 11.6 Å². The molecule has 0 aromatic heterocycles. The van der Waals surface area contributed by atoms with E-state index < -0.39 is 21.8 Å².